The Morgan fingerprint density at radius 1 is 1.12 bits per heavy atom. The SMILES string of the molecule is O=C(Nc1nnc(COc2ccc(Br)cc2)s1)Nc1ccccc1F. The molecule has 3 aromatic rings. The van der Waals surface area contributed by atoms with E-state index in [4.69, 9.17) is 4.74 Å². The van der Waals surface area contributed by atoms with E-state index >= 15 is 0 Å². The van der Waals surface area contributed by atoms with Gasteiger partial charge in [0.2, 0.25) is 5.13 Å². The van der Waals surface area contributed by atoms with Gasteiger partial charge in [-0.05, 0) is 36.4 Å². The number of ether oxygens (including phenoxy) is 1. The van der Waals surface area contributed by atoms with E-state index in [2.05, 4.69) is 36.8 Å². The highest BCUT2D eigenvalue weighted by Gasteiger charge is 2.10. The van der Waals surface area contributed by atoms with Gasteiger partial charge in [-0.15, -0.1) is 10.2 Å². The third-order valence-corrected chi connectivity index (χ3v) is 4.33. The fraction of sp³-hybridized carbons (Fsp3) is 0.0625. The molecule has 0 fully saturated rings. The zero-order valence-electron chi connectivity index (χ0n) is 12.7. The number of anilines is 2. The Bertz CT molecular complexity index is 873. The molecule has 9 heteroatoms. The van der Waals surface area contributed by atoms with Crippen molar-refractivity contribution in [2.75, 3.05) is 10.6 Å². The Morgan fingerprint density at radius 3 is 2.64 bits per heavy atom. The molecule has 0 aliphatic rings. The van der Waals surface area contributed by atoms with Crippen LogP contribution in [0.3, 0.4) is 0 Å². The number of carbonyl (C=O) groups excluding carboxylic acids is 1. The summed E-state index contributed by atoms with van der Waals surface area (Å²) in [5.41, 5.74) is 0.0864. The summed E-state index contributed by atoms with van der Waals surface area (Å²) in [4.78, 5) is 11.9. The summed E-state index contributed by atoms with van der Waals surface area (Å²) in [6.45, 7) is 0.232. The minimum Gasteiger partial charge on any atom is -0.486 e. The highest BCUT2D eigenvalue weighted by Crippen LogP contribution is 2.20. The standard InChI is InChI=1S/C16H12BrFN4O2S/c17-10-5-7-11(8-6-10)24-9-14-21-22-16(25-14)20-15(23)19-13-4-2-1-3-12(13)18/h1-8H,9H2,(H2,19,20,22,23). The molecule has 0 aliphatic carbocycles. The van der Waals surface area contributed by atoms with Gasteiger partial charge in [0.1, 0.15) is 18.2 Å². The maximum Gasteiger partial charge on any atom is 0.325 e. The van der Waals surface area contributed by atoms with Gasteiger partial charge >= 0.3 is 6.03 Å². The van der Waals surface area contributed by atoms with Crippen LogP contribution in [0, 0.1) is 5.82 Å². The minimum atomic E-state index is -0.596. The van der Waals surface area contributed by atoms with Crippen LogP contribution in [0.25, 0.3) is 0 Å². The number of nitrogens with zero attached hydrogens (tertiary/aromatic N) is 2. The molecule has 2 N–H and O–H groups in total. The van der Waals surface area contributed by atoms with Crippen LogP contribution in [0.4, 0.5) is 20.0 Å². The number of aromatic nitrogens is 2. The smallest absolute Gasteiger partial charge is 0.325 e. The van der Waals surface area contributed by atoms with E-state index in [1.54, 1.807) is 12.1 Å². The summed E-state index contributed by atoms with van der Waals surface area (Å²) < 4.78 is 20.0. The quantitative estimate of drug-likeness (QED) is 0.626. The van der Waals surface area contributed by atoms with Gasteiger partial charge in [-0.25, -0.2) is 9.18 Å². The van der Waals surface area contributed by atoms with E-state index in [0.717, 1.165) is 4.47 Å². The van der Waals surface area contributed by atoms with Crippen LogP contribution in [-0.2, 0) is 6.61 Å². The third-order valence-electron chi connectivity index (χ3n) is 2.99. The number of nitrogens with one attached hydrogen (secondary N) is 2. The van der Waals surface area contributed by atoms with E-state index in [1.807, 2.05) is 24.3 Å². The molecule has 0 aliphatic heterocycles. The number of halogens is 2. The zero-order chi connectivity index (χ0) is 17.6. The van der Waals surface area contributed by atoms with Crippen LogP contribution >= 0.6 is 27.3 Å². The lowest BCUT2D eigenvalue weighted by atomic mass is 10.3. The molecule has 128 valence electrons. The van der Waals surface area contributed by atoms with E-state index in [0.29, 0.717) is 15.9 Å². The maximum atomic E-state index is 13.5. The van der Waals surface area contributed by atoms with Crippen molar-refractivity contribution in [3.8, 4) is 5.75 Å². The van der Waals surface area contributed by atoms with Gasteiger partial charge in [-0.1, -0.05) is 39.4 Å². The Labute approximate surface area is 155 Å². The normalized spacial score (nSPS) is 10.3. The highest BCUT2D eigenvalue weighted by atomic mass is 79.9. The van der Waals surface area contributed by atoms with Crippen molar-refractivity contribution in [2.24, 2.45) is 0 Å². The average Bonchev–Trinajstić information content (AvgIpc) is 3.04. The first-order valence-corrected chi connectivity index (χ1v) is 8.74. The van der Waals surface area contributed by atoms with Crippen molar-refractivity contribution in [3.63, 3.8) is 0 Å². The van der Waals surface area contributed by atoms with E-state index in [1.165, 1.54) is 23.5 Å². The summed E-state index contributed by atoms with van der Waals surface area (Å²) >= 11 is 4.53. The van der Waals surface area contributed by atoms with Crippen LogP contribution in [0.5, 0.6) is 5.75 Å². The Morgan fingerprint density at radius 2 is 1.88 bits per heavy atom. The first-order chi connectivity index (χ1) is 12.1. The molecule has 0 radical (unpaired) electrons. The lowest BCUT2D eigenvalue weighted by Crippen LogP contribution is -2.19. The predicted octanol–water partition coefficient (Wildman–Crippen LogP) is 4.66. The molecule has 2 amide bonds. The molecule has 2 aromatic carbocycles. The molecule has 25 heavy (non-hydrogen) atoms. The lowest BCUT2D eigenvalue weighted by Gasteiger charge is -2.05. The second kappa shape index (κ2) is 8.04. The molecule has 0 atom stereocenters. The minimum absolute atomic E-state index is 0.0864. The Balaban J connectivity index is 1.53. The predicted molar refractivity (Wildman–Crippen MR) is 97.4 cm³/mol. The molecule has 0 bridgehead atoms. The number of benzene rings is 2. The molecule has 1 aromatic heterocycles. The number of para-hydroxylation sites is 1. The van der Waals surface area contributed by atoms with Gasteiger partial charge in [0.05, 0.1) is 5.69 Å². The number of carbonyl (C=O) groups is 1. The lowest BCUT2D eigenvalue weighted by molar-refractivity contribution is 0.262. The van der Waals surface area contributed by atoms with E-state index in [9.17, 15) is 9.18 Å². The third kappa shape index (κ3) is 4.97. The number of rotatable bonds is 5. The zero-order valence-corrected chi connectivity index (χ0v) is 15.1. The average molecular weight is 423 g/mol. The second-order valence-electron chi connectivity index (χ2n) is 4.80. The van der Waals surface area contributed by atoms with Crippen molar-refractivity contribution in [2.45, 2.75) is 6.61 Å². The van der Waals surface area contributed by atoms with Gasteiger partial charge in [-0.3, -0.25) is 5.32 Å². The van der Waals surface area contributed by atoms with Crippen molar-refractivity contribution >= 4 is 44.1 Å². The number of urea groups is 1. The van der Waals surface area contributed by atoms with Gasteiger partial charge in [0, 0.05) is 4.47 Å². The van der Waals surface area contributed by atoms with Crippen molar-refractivity contribution in [1.29, 1.82) is 0 Å². The molecule has 1 heterocycles. The molecule has 0 unspecified atom stereocenters. The summed E-state index contributed by atoms with van der Waals surface area (Å²) in [5, 5.41) is 13.6. The van der Waals surface area contributed by atoms with E-state index < -0.39 is 11.8 Å². The highest BCUT2D eigenvalue weighted by molar-refractivity contribution is 9.10. The first-order valence-electron chi connectivity index (χ1n) is 7.13. The summed E-state index contributed by atoms with van der Waals surface area (Å²) in [5.74, 6) is 0.184. The Kier molecular flexibility index (Phi) is 5.56. The van der Waals surface area contributed by atoms with Crippen molar-refractivity contribution < 1.29 is 13.9 Å². The number of hydrogen-bond donors (Lipinski definition) is 2. The second-order valence-corrected chi connectivity index (χ2v) is 6.78. The monoisotopic (exact) mass is 422 g/mol. The fourth-order valence-corrected chi connectivity index (χ4v) is 2.76. The molecule has 0 saturated carbocycles. The summed E-state index contributed by atoms with van der Waals surface area (Å²) in [7, 11) is 0. The van der Waals surface area contributed by atoms with Gasteiger partial charge < -0.3 is 10.1 Å². The van der Waals surface area contributed by atoms with Gasteiger partial charge in [0.15, 0.2) is 5.01 Å². The maximum absolute atomic E-state index is 13.5. The molecule has 3 rings (SSSR count). The van der Waals surface area contributed by atoms with Crippen molar-refractivity contribution in [3.05, 3.63) is 63.8 Å². The molecule has 0 spiro atoms. The number of hydrogen-bond acceptors (Lipinski definition) is 5. The Hall–Kier alpha value is -2.52. The van der Waals surface area contributed by atoms with Crippen LogP contribution in [0.15, 0.2) is 53.0 Å². The van der Waals surface area contributed by atoms with Crippen LogP contribution < -0.4 is 15.4 Å². The summed E-state index contributed by atoms with van der Waals surface area (Å²) in [6, 6.07) is 12.7. The van der Waals surface area contributed by atoms with Crippen LogP contribution in [0.2, 0.25) is 0 Å². The molecular weight excluding hydrogens is 411 g/mol. The first kappa shape index (κ1) is 17.3. The van der Waals surface area contributed by atoms with Crippen LogP contribution in [0.1, 0.15) is 5.01 Å². The van der Waals surface area contributed by atoms with Gasteiger partial charge in [-0.2, -0.15) is 0 Å². The van der Waals surface area contributed by atoms with E-state index in [-0.39, 0.29) is 12.3 Å². The van der Waals surface area contributed by atoms with Crippen molar-refractivity contribution in [1.82, 2.24) is 10.2 Å². The number of amides is 2. The topological polar surface area (TPSA) is 76.1 Å². The molecule has 6 nitrogen and oxygen atoms in total. The summed E-state index contributed by atoms with van der Waals surface area (Å²) in [6.07, 6.45) is 0. The molecular formula is C16H12BrFN4O2S. The molecule has 0 saturated heterocycles. The largest absolute Gasteiger partial charge is 0.486 e. The fourth-order valence-electron chi connectivity index (χ4n) is 1.85. The van der Waals surface area contributed by atoms with Gasteiger partial charge in [0.25, 0.3) is 0 Å². The van der Waals surface area contributed by atoms with Crippen LogP contribution in [-0.4, -0.2) is 16.2 Å².